The highest BCUT2D eigenvalue weighted by atomic mass is 19.3. The minimum absolute atomic E-state index is 0.0132. The molecule has 122 valence electrons. The van der Waals surface area contributed by atoms with Gasteiger partial charge in [0.25, 0.3) is 0 Å². The summed E-state index contributed by atoms with van der Waals surface area (Å²) in [6, 6.07) is 11.1. The van der Waals surface area contributed by atoms with Gasteiger partial charge >= 0.3 is 12.6 Å². The normalized spacial score (nSPS) is 15.6. The Morgan fingerprint density at radius 3 is 2.33 bits per heavy atom. The number of hydrogen-bond donors (Lipinski definition) is 0. The standard InChI is InChI=1S/C17H10F3NO3/c18-12-5-1-10(2-6-12)9-14-16(22)24-15(21-14)11-3-7-13(8-4-11)23-17(19)20/h1-9,17H/b14-9-. The zero-order valence-corrected chi connectivity index (χ0v) is 12.1. The monoisotopic (exact) mass is 333 g/mol. The fourth-order valence-corrected chi connectivity index (χ4v) is 2.03. The van der Waals surface area contributed by atoms with Crippen LogP contribution in [0.15, 0.2) is 59.2 Å². The maximum atomic E-state index is 12.9. The van der Waals surface area contributed by atoms with Gasteiger partial charge in [-0.2, -0.15) is 8.78 Å². The van der Waals surface area contributed by atoms with Crippen molar-refractivity contribution in [3.05, 3.63) is 71.2 Å². The van der Waals surface area contributed by atoms with Crippen LogP contribution in [0.2, 0.25) is 0 Å². The number of hydrogen-bond acceptors (Lipinski definition) is 4. The van der Waals surface area contributed by atoms with Crippen LogP contribution in [0.5, 0.6) is 5.75 Å². The van der Waals surface area contributed by atoms with Crippen molar-refractivity contribution in [2.45, 2.75) is 6.61 Å². The van der Waals surface area contributed by atoms with Gasteiger partial charge in [-0.25, -0.2) is 14.2 Å². The van der Waals surface area contributed by atoms with Crippen LogP contribution in [0.1, 0.15) is 11.1 Å². The molecule has 1 heterocycles. The van der Waals surface area contributed by atoms with Crippen LogP contribution in [0.4, 0.5) is 13.2 Å². The Morgan fingerprint density at radius 2 is 1.71 bits per heavy atom. The molecular formula is C17H10F3NO3. The van der Waals surface area contributed by atoms with Crippen LogP contribution in [-0.2, 0) is 9.53 Å². The Kier molecular flexibility index (Phi) is 4.33. The van der Waals surface area contributed by atoms with Gasteiger partial charge in [0.15, 0.2) is 5.70 Å². The lowest BCUT2D eigenvalue weighted by Gasteiger charge is -2.04. The number of alkyl halides is 2. The first-order valence-electron chi connectivity index (χ1n) is 6.84. The Labute approximate surface area is 134 Å². The van der Waals surface area contributed by atoms with Gasteiger partial charge in [0.2, 0.25) is 5.90 Å². The van der Waals surface area contributed by atoms with Gasteiger partial charge in [0.05, 0.1) is 0 Å². The van der Waals surface area contributed by atoms with Gasteiger partial charge in [-0.15, -0.1) is 0 Å². The first-order valence-corrected chi connectivity index (χ1v) is 6.84. The second-order valence-corrected chi connectivity index (χ2v) is 4.79. The fraction of sp³-hybridized carbons (Fsp3) is 0.0588. The summed E-state index contributed by atoms with van der Waals surface area (Å²) in [4.78, 5) is 15.9. The molecule has 0 bridgehead atoms. The largest absolute Gasteiger partial charge is 0.435 e. The van der Waals surface area contributed by atoms with E-state index in [-0.39, 0.29) is 23.2 Å². The summed E-state index contributed by atoms with van der Waals surface area (Å²) in [6.45, 7) is -2.91. The molecule has 0 atom stereocenters. The average Bonchev–Trinajstić information content (AvgIpc) is 2.91. The minimum atomic E-state index is -2.91. The molecule has 3 rings (SSSR count). The Morgan fingerprint density at radius 1 is 1.04 bits per heavy atom. The summed E-state index contributed by atoms with van der Waals surface area (Å²) < 4.78 is 46.4. The molecule has 0 saturated carbocycles. The van der Waals surface area contributed by atoms with E-state index in [2.05, 4.69) is 9.73 Å². The van der Waals surface area contributed by atoms with E-state index in [1.807, 2.05) is 0 Å². The summed E-state index contributed by atoms with van der Waals surface area (Å²) in [5.74, 6) is -0.999. The number of carbonyl (C=O) groups excluding carboxylic acids is 1. The average molecular weight is 333 g/mol. The molecule has 0 fully saturated rings. The predicted molar refractivity (Wildman–Crippen MR) is 80.1 cm³/mol. The van der Waals surface area contributed by atoms with Crippen molar-refractivity contribution in [2.24, 2.45) is 4.99 Å². The molecule has 0 spiro atoms. The molecule has 0 aliphatic carbocycles. The second kappa shape index (κ2) is 6.57. The quantitative estimate of drug-likeness (QED) is 0.632. The summed E-state index contributed by atoms with van der Waals surface area (Å²) in [5.41, 5.74) is 1.09. The molecule has 4 nitrogen and oxygen atoms in total. The van der Waals surface area contributed by atoms with Crippen molar-refractivity contribution in [1.29, 1.82) is 0 Å². The zero-order valence-electron chi connectivity index (χ0n) is 12.1. The summed E-state index contributed by atoms with van der Waals surface area (Å²) in [5, 5.41) is 0. The van der Waals surface area contributed by atoms with Crippen LogP contribution < -0.4 is 4.74 Å². The van der Waals surface area contributed by atoms with Crippen LogP contribution in [0.3, 0.4) is 0 Å². The van der Waals surface area contributed by atoms with E-state index in [0.717, 1.165) is 0 Å². The molecule has 0 unspecified atom stereocenters. The van der Waals surface area contributed by atoms with Gasteiger partial charge in [0.1, 0.15) is 11.6 Å². The number of benzene rings is 2. The van der Waals surface area contributed by atoms with Crippen LogP contribution >= 0.6 is 0 Å². The maximum absolute atomic E-state index is 12.9. The van der Waals surface area contributed by atoms with Gasteiger partial charge in [-0.05, 0) is 48.0 Å². The van der Waals surface area contributed by atoms with Crippen molar-refractivity contribution in [3.63, 3.8) is 0 Å². The van der Waals surface area contributed by atoms with Gasteiger partial charge < -0.3 is 9.47 Å². The summed E-state index contributed by atoms with van der Waals surface area (Å²) in [6.07, 6.45) is 1.46. The maximum Gasteiger partial charge on any atom is 0.387 e. The SMILES string of the molecule is O=C1OC(c2ccc(OC(F)F)cc2)=N/C1=C\c1ccc(F)cc1. The topological polar surface area (TPSA) is 47.9 Å². The lowest BCUT2D eigenvalue weighted by molar-refractivity contribution is -0.129. The van der Waals surface area contributed by atoms with E-state index in [9.17, 15) is 18.0 Å². The molecule has 7 heteroatoms. The van der Waals surface area contributed by atoms with Crippen molar-refractivity contribution < 1.29 is 27.4 Å². The second-order valence-electron chi connectivity index (χ2n) is 4.79. The van der Waals surface area contributed by atoms with Crippen LogP contribution in [0.25, 0.3) is 6.08 Å². The van der Waals surface area contributed by atoms with E-state index >= 15 is 0 Å². The summed E-state index contributed by atoms with van der Waals surface area (Å²) in [7, 11) is 0. The molecule has 2 aromatic carbocycles. The Hall–Kier alpha value is -3.09. The number of rotatable bonds is 4. The smallest absolute Gasteiger partial charge is 0.387 e. The van der Waals surface area contributed by atoms with Crippen molar-refractivity contribution in [2.75, 3.05) is 0 Å². The molecule has 24 heavy (non-hydrogen) atoms. The van der Waals surface area contributed by atoms with E-state index in [1.165, 1.54) is 54.6 Å². The third-order valence-electron chi connectivity index (χ3n) is 3.12. The highest BCUT2D eigenvalue weighted by Crippen LogP contribution is 2.21. The third-order valence-corrected chi connectivity index (χ3v) is 3.12. The molecule has 0 saturated heterocycles. The molecule has 0 radical (unpaired) electrons. The first-order chi connectivity index (χ1) is 11.5. The molecule has 0 N–H and O–H groups in total. The van der Waals surface area contributed by atoms with E-state index in [0.29, 0.717) is 11.1 Å². The number of halogens is 3. The molecule has 1 aliphatic rings. The number of esters is 1. The Balaban J connectivity index is 1.82. The molecular weight excluding hydrogens is 323 g/mol. The zero-order chi connectivity index (χ0) is 17.1. The minimum Gasteiger partial charge on any atom is -0.435 e. The molecule has 0 amide bonds. The number of carbonyl (C=O) groups is 1. The summed E-state index contributed by atoms with van der Waals surface area (Å²) >= 11 is 0. The number of nitrogens with zero attached hydrogens (tertiary/aromatic N) is 1. The molecule has 0 aromatic heterocycles. The first kappa shape index (κ1) is 15.8. The van der Waals surface area contributed by atoms with Gasteiger partial charge in [0, 0.05) is 5.56 Å². The Bertz CT molecular complexity index is 812. The molecule has 1 aliphatic heterocycles. The number of aliphatic imine (C=N–C) groups is 1. The number of ether oxygens (including phenoxy) is 2. The fourth-order valence-electron chi connectivity index (χ4n) is 2.03. The lowest BCUT2D eigenvalue weighted by atomic mass is 10.2. The highest BCUT2D eigenvalue weighted by molar-refractivity contribution is 6.12. The highest BCUT2D eigenvalue weighted by Gasteiger charge is 2.24. The van der Waals surface area contributed by atoms with E-state index in [1.54, 1.807) is 0 Å². The van der Waals surface area contributed by atoms with E-state index in [4.69, 9.17) is 4.74 Å². The van der Waals surface area contributed by atoms with Gasteiger partial charge in [-0.3, -0.25) is 0 Å². The molecule has 2 aromatic rings. The third kappa shape index (κ3) is 3.62. The van der Waals surface area contributed by atoms with Gasteiger partial charge in [-0.1, -0.05) is 12.1 Å². The predicted octanol–water partition coefficient (Wildman–Crippen LogP) is 3.77. The lowest BCUT2D eigenvalue weighted by Crippen LogP contribution is -2.06. The van der Waals surface area contributed by atoms with Crippen molar-refractivity contribution in [1.82, 2.24) is 0 Å². The van der Waals surface area contributed by atoms with Crippen molar-refractivity contribution in [3.8, 4) is 5.75 Å². The van der Waals surface area contributed by atoms with Crippen LogP contribution in [-0.4, -0.2) is 18.5 Å². The number of cyclic esters (lactones) is 1. The van der Waals surface area contributed by atoms with Crippen LogP contribution in [0, 0.1) is 5.82 Å². The van der Waals surface area contributed by atoms with E-state index < -0.39 is 12.6 Å². The van der Waals surface area contributed by atoms with Crippen molar-refractivity contribution >= 4 is 17.9 Å².